The van der Waals surface area contributed by atoms with E-state index >= 15 is 0 Å². The molecule has 0 saturated heterocycles. The molecule has 0 aliphatic rings. The molecule has 0 amide bonds. The minimum atomic E-state index is -4.96. The molecule has 0 bridgehead atoms. The summed E-state index contributed by atoms with van der Waals surface area (Å²) < 4.78 is 64.4. The molecule has 0 aliphatic heterocycles. The van der Waals surface area contributed by atoms with E-state index in [2.05, 4.69) is 15.9 Å². The maximum absolute atomic E-state index is 13.2. The second kappa shape index (κ2) is 5.22. The van der Waals surface area contributed by atoms with Crippen molar-refractivity contribution in [3.05, 3.63) is 27.7 Å². The fourth-order valence-electron chi connectivity index (χ4n) is 1.45. The summed E-state index contributed by atoms with van der Waals surface area (Å²) in [6.45, 7) is -1.74. The standard InChI is InChI=1S/C10H9BrF5NO2/c11-5-2-1-4(10(14,15)16)6(7(5)19)8(17)9(12,13)3-18/h1-2,8,18-19H,3,17H2/t8-/m1/s1. The molecule has 0 unspecified atom stereocenters. The molecule has 0 fully saturated rings. The van der Waals surface area contributed by atoms with E-state index in [1.54, 1.807) is 0 Å². The number of benzene rings is 1. The first-order valence-corrected chi connectivity index (χ1v) is 5.64. The topological polar surface area (TPSA) is 66.5 Å². The number of aliphatic hydroxyl groups is 1. The number of aromatic hydroxyl groups is 1. The van der Waals surface area contributed by atoms with Gasteiger partial charge in [-0.2, -0.15) is 13.2 Å². The molecular formula is C10H9BrF5NO2. The van der Waals surface area contributed by atoms with Gasteiger partial charge >= 0.3 is 6.18 Å². The Kier molecular flexibility index (Phi) is 4.43. The second-order valence-corrected chi connectivity index (χ2v) is 4.61. The van der Waals surface area contributed by atoms with E-state index in [1.807, 2.05) is 0 Å². The number of alkyl halides is 5. The molecule has 1 rings (SSSR count). The molecule has 0 spiro atoms. The van der Waals surface area contributed by atoms with E-state index in [-0.39, 0.29) is 4.47 Å². The highest BCUT2D eigenvalue weighted by atomic mass is 79.9. The molecule has 0 aromatic heterocycles. The summed E-state index contributed by atoms with van der Waals surface area (Å²) in [5, 5.41) is 18.0. The van der Waals surface area contributed by atoms with E-state index in [4.69, 9.17) is 10.8 Å². The van der Waals surface area contributed by atoms with Crippen LogP contribution >= 0.6 is 15.9 Å². The molecule has 19 heavy (non-hydrogen) atoms. The molecule has 9 heteroatoms. The molecule has 4 N–H and O–H groups in total. The van der Waals surface area contributed by atoms with Crippen molar-refractivity contribution < 1.29 is 32.2 Å². The Labute approximate surface area is 113 Å². The largest absolute Gasteiger partial charge is 0.506 e. The van der Waals surface area contributed by atoms with E-state index in [1.165, 1.54) is 0 Å². The molecule has 0 radical (unpaired) electrons. The lowest BCUT2D eigenvalue weighted by Crippen LogP contribution is -2.37. The van der Waals surface area contributed by atoms with Crippen molar-refractivity contribution in [3.63, 3.8) is 0 Å². The van der Waals surface area contributed by atoms with Crippen LogP contribution in [-0.2, 0) is 6.18 Å². The van der Waals surface area contributed by atoms with E-state index in [0.717, 1.165) is 6.07 Å². The fraction of sp³-hybridized carbons (Fsp3) is 0.400. The van der Waals surface area contributed by atoms with Crippen molar-refractivity contribution >= 4 is 15.9 Å². The van der Waals surface area contributed by atoms with Crippen LogP contribution in [0.4, 0.5) is 22.0 Å². The van der Waals surface area contributed by atoms with Crippen LogP contribution in [0.15, 0.2) is 16.6 Å². The number of halogens is 6. The Hall–Kier alpha value is -0.930. The smallest absolute Gasteiger partial charge is 0.416 e. The lowest BCUT2D eigenvalue weighted by Gasteiger charge is -2.25. The van der Waals surface area contributed by atoms with Crippen molar-refractivity contribution in [1.29, 1.82) is 0 Å². The van der Waals surface area contributed by atoms with Crippen LogP contribution in [0.3, 0.4) is 0 Å². The number of hydrogen-bond donors (Lipinski definition) is 3. The van der Waals surface area contributed by atoms with Crippen LogP contribution in [-0.4, -0.2) is 22.7 Å². The number of hydrogen-bond acceptors (Lipinski definition) is 3. The summed E-state index contributed by atoms with van der Waals surface area (Å²) in [6.07, 6.45) is -4.96. The van der Waals surface area contributed by atoms with E-state index < -0.39 is 41.6 Å². The number of phenols is 1. The summed E-state index contributed by atoms with van der Waals surface area (Å²) in [6, 6.07) is -1.11. The third kappa shape index (κ3) is 3.15. The zero-order valence-corrected chi connectivity index (χ0v) is 10.8. The van der Waals surface area contributed by atoms with Crippen LogP contribution in [0.25, 0.3) is 0 Å². The normalized spacial score (nSPS) is 14.5. The zero-order valence-electron chi connectivity index (χ0n) is 9.18. The van der Waals surface area contributed by atoms with Gasteiger partial charge in [-0.1, -0.05) is 0 Å². The highest BCUT2D eigenvalue weighted by Gasteiger charge is 2.45. The SMILES string of the molecule is N[C@H](c1c(C(F)(F)F)ccc(Br)c1O)C(F)(F)CO. The third-order valence-electron chi connectivity index (χ3n) is 2.45. The summed E-state index contributed by atoms with van der Waals surface area (Å²) in [7, 11) is 0. The second-order valence-electron chi connectivity index (χ2n) is 3.75. The summed E-state index contributed by atoms with van der Waals surface area (Å²) in [5.74, 6) is -5.03. The van der Waals surface area contributed by atoms with E-state index in [9.17, 15) is 27.1 Å². The molecule has 1 aromatic rings. The van der Waals surface area contributed by atoms with Gasteiger partial charge in [0.05, 0.1) is 10.0 Å². The van der Waals surface area contributed by atoms with Gasteiger partial charge in [0.25, 0.3) is 5.92 Å². The highest BCUT2D eigenvalue weighted by Crippen LogP contribution is 2.45. The maximum atomic E-state index is 13.2. The van der Waals surface area contributed by atoms with Crippen LogP contribution < -0.4 is 5.73 Å². The summed E-state index contributed by atoms with van der Waals surface area (Å²) in [5.41, 5.74) is 2.42. The van der Waals surface area contributed by atoms with Crippen molar-refractivity contribution in [2.75, 3.05) is 6.61 Å². The number of phenolic OH excluding ortho intramolecular Hbond substituents is 1. The third-order valence-corrected chi connectivity index (χ3v) is 3.09. The average Bonchev–Trinajstić information content (AvgIpc) is 2.30. The van der Waals surface area contributed by atoms with Gasteiger partial charge in [0.15, 0.2) is 0 Å². The van der Waals surface area contributed by atoms with Crippen molar-refractivity contribution in [3.8, 4) is 5.75 Å². The molecule has 0 saturated carbocycles. The van der Waals surface area contributed by atoms with Crippen molar-refractivity contribution in [2.45, 2.75) is 18.1 Å². The van der Waals surface area contributed by atoms with Gasteiger partial charge in [-0.25, -0.2) is 8.78 Å². The summed E-state index contributed by atoms with van der Waals surface area (Å²) >= 11 is 2.72. The Balaban J connectivity index is 3.52. The minimum absolute atomic E-state index is 0.209. The van der Waals surface area contributed by atoms with Gasteiger partial charge in [0.1, 0.15) is 18.4 Å². The van der Waals surface area contributed by atoms with Crippen LogP contribution in [0.5, 0.6) is 5.75 Å². The van der Waals surface area contributed by atoms with Gasteiger partial charge in [-0.15, -0.1) is 0 Å². The van der Waals surface area contributed by atoms with Gasteiger partial charge < -0.3 is 15.9 Å². The quantitative estimate of drug-likeness (QED) is 0.735. The van der Waals surface area contributed by atoms with Gasteiger partial charge in [-0.3, -0.25) is 0 Å². The van der Waals surface area contributed by atoms with Gasteiger partial charge in [0.2, 0.25) is 0 Å². The number of aliphatic hydroxyl groups excluding tert-OH is 1. The van der Waals surface area contributed by atoms with Crippen LogP contribution in [0.1, 0.15) is 17.2 Å². The predicted octanol–water partition coefficient (Wildman–Crippen LogP) is 2.80. The van der Waals surface area contributed by atoms with E-state index in [0.29, 0.717) is 6.07 Å². The zero-order chi connectivity index (χ0) is 15.0. The summed E-state index contributed by atoms with van der Waals surface area (Å²) in [4.78, 5) is 0. The molecule has 108 valence electrons. The first-order chi connectivity index (χ1) is 8.52. The van der Waals surface area contributed by atoms with Crippen LogP contribution in [0, 0.1) is 0 Å². The minimum Gasteiger partial charge on any atom is -0.506 e. The Bertz CT molecular complexity index is 478. The number of nitrogens with two attached hydrogens (primary N) is 1. The molecule has 0 heterocycles. The van der Waals surface area contributed by atoms with Crippen LogP contribution in [0.2, 0.25) is 0 Å². The lowest BCUT2D eigenvalue weighted by molar-refractivity contribution is -0.140. The highest BCUT2D eigenvalue weighted by molar-refractivity contribution is 9.10. The maximum Gasteiger partial charge on any atom is 0.416 e. The van der Waals surface area contributed by atoms with Gasteiger partial charge in [-0.05, 0) is 28.1 Å². The molecule has 0 aliphatic carbocycles. The molecule has 1 aromatic carbocycles. The Morgan fingerprint density at radius 1 is 1.21 bits per heavy atom. The fourth-order valence-corrected chi connectivity index (χ4v) is 1.80. The average molecular weight is 350 g/mol. The molecule has 1 atom stereocenters. The first kappa shape index (κ1) is 16.1. The monoisotopic (exact) mass is 349 g/mol. The Morgan fingerprint density at radius 3 is 2.16 bits per heavy atom. The Morgan fingerprint density at radius 2 is 1.74 bits per heavy atom. The molecular weight excluding hydrogens is 341 g/mol. The van der Waals surface area contributed by atoms with Crippen molar-refractivity contribution in [1.82, 2.24) is 0 Å². The first-order valence-electron chi connectivity index (χ1n) is 4.85. The predicted molar refractivity (Wildman–Crippen MR) is 59.8 cm³/mol. The van der Waals surface area contributed by atoms with Gasteiger partial charge in [0, 0.05) is 5.56 Å². The lowest BCUT2D eigenvalue weighted by atomic mass is 9.95. The number of rotatable bonds is 3. The molecule has 3 nitrogen and oxygen atoms in total. The van der Waals surface area contributed by atoms with Crippen molar-refractivity contribution in [2.24, 2.45) is 5.73 Å².